The maximum absolute atomic E-state index is 12.4. The number of hydrogen-bond donors (Lipinski definition) is 1. The molecule has 1 aromatic heterocycles. The van der Waals surface area contributed by atoms with Crippen molar-refractivity contribution in [2.24, 2.45) is 11.4 Å². The van der Waals surface area contributed by atoms with Crippen LogP contribution in [0.3, 0.4) is 0 Å². The van der Waals surface area contributed by atoms with E-state index in [0.717, 1.165) is 10.6 Å². The smallest absolute Gasteiger partial charge is 0.285 e. The van der Waals surface area contributed by atoms with Crippen LogP contribution < -0.4 is 4.80 Å². The van der Waals surface area contributed by atoms with Crippen LogP contribution in [-0.4, -0.2) is 18.1 Å². The summed E-state index contributed by atoms with van der Waals surface area (Å²) in [4.78, 5) is 1.50. The Morgan fingerprint density at radius 3 is 2.41 bits per heavy atom. The van der Waals surface area contributed by atoms with Crippen molar-refractivity contribution in [3.05, 3.63) is 39.6 Å². The van der Waals surface area contributed by atoms with Crippen LogP contribution in [0.1, 0.15) is 31.3 Å². The van der Waals surface area contributed by atoms with Gasteiger partial charge in [0.05, 0.1) is 4.90 Å². The molecule has 0 aliphatic carbocycles. The normalized spacial score (nSPS) is 13.6. The predicted octanol–water partition coefficient (Wildman–Crippen LogP) is 2.69. The van der Waals surface area contributed by atoms with Crippen molar-refractivity contribution in [3.8, 4) is 5.75 Å². The number of hydrogen-bond acceptors (Lipinski definition) is 4. The van der Waals surface area contributed by atoms with E-state index in [1.807, 2.05) is 6.92 Å². The molecule has 1 aromatic carbocycles. The number of aromatic hydroxyl groups is 1. The van der Waals surface area contributed by atoms with Crippen molar-refractivity contribution in [2.75, 3.05) is 0 Å². The van der Waals surface area contributed by atoms with Crippen LogP contribution in [0, 0.1) is 6.92 Å². The summed E-state index contributed by atoms with van der Waals surface area (Å²) in [7, 11) is -2.05. The minimum Gasteiger partial charge on any atom is -0.508 e. The van der Waals surface area contributed by atoms with E-state index < -0.39 is 10.0 Å². The lowest BCUT2D eigenvalue weighted by Crippen LogP contribution is -2.15. The molecule has 1 N–H and O–H groups in total. The first-order chi connectivity index (χ1) is 10.0. The summed E-state index contributed by atoms with van der Waals surface area (Å²) in [6.07, 6.45) is 0. The molecular weight excluding hydrogens is 320 g/mol. The molecule has 1 heterocycles. The van der Waals surface area contributed by atoms with E-state index >= 15 is 0 Å². The van der Waals surface area contributed by atoms with Crippen LogP contribution in [-0.2, 0) is 22.5 Å². The summed E-state index contributed by atoms with van der Waals surface area (Å²) >= 11 is 1.37. The SMILES string of the molecule is Cc1c(C(C)(C)C)s/c(=N\S(=O)(=O)c2cccc(O)c2)n1C. The fraction of sp³-hybridized carbons (Fsp3) is 0.400. The molecule has 5 nitrogen and oxygen atoms in total. The molecule has 0 fully saturated rings. The van der Waals surface area contributed by atoms with Gasteiger partial charge in [-0.25, -0.2) is 0 Å². The van der Waals surface area contributed by atoms with Crippen LogP contribution in [0.2, 0.25) is 0 Å². The highest BCUT2D eigenvalue weighted by molar-refractivity contribution is 7.90. The lowest BCUT2D eigenvalue weighted by molar-refractivity contribution is 0.473. The van der Waals surface area contributed by atoms with E-state index in [1.54, 1.807) is 11.6 Å². The first kappa shape index (κ1) is 16.8. The molecule has 120 valence electrons. The average Bonchev–Trinajstić information content (AvgIpc) is 2.66. The van der Waals surface area contributed by atoms with Crippen molar-refractivity contribution < 1.29 is 13.5 Å². The average molecular weight is 340 g/mol. The third kappa shape index (κ3) is 3.25. The summed E-state index contributed by atoms with van der Waals surface area (Å²) in [5.41, 5.74) is 0.928. The van der Waals surface area contributed by atoms with Gasteiger partial charge in [-0.2, -0.15) is 8.42 Å². The number of thiazole rings is 1. The predicted molar refractivity (Wildman–Crippen MR) is 87.6 cm³/mol. The molecule has 0 saturated carbocycles. The molecule has 0 amide bonds. The molecule has 0 bridgehead atoms. The minimum absolute atomic E-state index is 0.0177. The number of rotatable bonds is 2. The Morgan fingerprint density at radius 1 is 1.27 bits per heavy atom. The molecule has 7 heteroatoms. The molecule has 0 saturated heterocycles. The molecule has 2 aromatic rings. The largest absolute Gasteiger partial charge is 0.508 e. The van der Waals surface area contributed by atoms with E-state index in [1.165, 1.54) is 35.6 Å². The Bertz CT molecular complexity index is 869. The van der Waals surface area contributed by atoms with Gasteiger partial charge in [-0.1, -0.05) is 26.8 Å². The molecular formula is C15H20N2O3S2. The molecule has 0 spiro atoms. The topological polar surface area (TPSA) is 71.7 Å². The molecule has 0 aliphatic heterocycles. The second-order valence-electron chi connectivity index (χ2n) is 6.17. The second-order valence-corrected chi connectivity index (χ2v) is 8.75. The zero-order valence-corrected chi connectivity index (χ0v) is 14.9. The first-order valence-electron chi connectivity index (χ1n) is 6.79. The third-order valence-electron chi connectivity index (χ3n) is 3.31. The Balaban J connectivity index is 2.64. The van der Waals surface area contributed by atoms with Gasteiger partial charge >= 0.3 is 0 Å². The van der Waals surface area contributed by atoms with Gasteiger partial charge in [0, 0.05) is 23.7 Å². The summed E-state index contributed by atoms with van der Waals surface area (Å²) < 4.78 is 30.5. The zero-order chi connectivity index (χ0) is 16.7. The minimum atomic E-state index is -3.85. The second kappa shape index (κ2) is 5.55. The van der Waals surface area contributed by atoms with Crippen molar-refractivity contribution in [3.63, 3.8) is 0 Å². The highest BCUT2D eigenvalue weighted by Crippen LogP contribution is 2.28. The monoisotopic (exact) mass is 340 g/mol. The molecule has 0 unspecified atom stereocenters. The van der Waals surface area contributed by atoms with Crippen LogP contribution in [0.25, 0.3) is 0 Å². The lowest BCUT2D eigenvalue weighted by atomic mass is 9.93. The maximum Gasteiger partial charge on any atom is 0.285 e. The van der Waals surface area contributed by atoms with Gasteiger partial charge in [0.25, 0.3) is 10.0 Å². The Kier molecular flexibility index (Phi) is 4.23. The van der Waals surface area contributed by atoms with Gasteiger partial charge in [0.15, 0.2) is 0 Å². The van der Waals surface area contributed by atoms with Gasteiger partial charge in [0.1, 0.15) is 5.75 Å². The lowest BCUT2D eigenvalue weighted by Gasteiger charge is -2.17. The van der Waals surface area contributed by atoms with Crippen molar-refractivity contribution in [1.82, 2.24) is 4.57 Å². The van der Waals surface area contributed by atoms with Gasteiger partial charge in [-0.3, -0.25) is 0 Å². The van der Waals surface area contributed by atoms with Gasteiger partial charge in [0.2, 0.25) is 4.80 Å². The van der Waals surface area contributed by atoms with Crippen molar-refractivity contribution in [1.29, 1.82) is 0 Å². The summed E-state index contributed by atoms with van der Waals surface area (Å²) in [6, 6.07) is 5.53. The number of phenols is 1. The highest BCUT2D eigenvalue weighted by atomic mass is 32.2. The third-order valence-corrected chi connectivity index (χ3v) is 6.35. The Labute approximate surface area is 134 Å². The van der Waals surface area contributed by atoms with E-state index in [9.17, 15) is 13.5 Å². The Hall–Kier alpha value is -1.60. The van der Waals surface area contributed by atoms with E-state index in [-0.39, 0.29) is 16.1 Å². The van der Waals surface area contributed by atoms with E-state index in [2.05, 4.69) is 25.2 Å². The molecule has 22 heavy (non-hydrogen) atoms. The summed E-state index contributed by atoms with van der Waals surface area (Å²) in [5.74, 6) is -0.0987. The fourth-order valence-electron chi connectivity index (χ4n) is 2.10. The van der Waals surface area contributed by atoms with Gasteiger partial charge in [-0.05, 0) is 24.5 Å². The van der Waals surface area contributed by atoms with Crippen LogP contribution >= 0.6 is 11.3 Å². The van der Waals surface area contributed by atoms with Crippen LogP contribution in [0.15, 0.2) is 33.6 Å². The molecule has 0 aliphatic rings. The van der Waals surface area contributed by atoms with Gasteiger partial charge in [-0.15, -0.1) is 15.7 Å². The van der Waals surface area contributed by atoms with Gasteiger partial charge < -0.3 is 9.67 Å². The van der Waals surface area contributed by atoms with Crippen LogP contribution in [0.5, 0.6) is 5.75 Å². The zero-order valence-electron chi connectivity index (χ0n) is 13.3. The number of aromatic nitrogens is 1. The molecule has 2 rings (SSSR count). The number of nitrogens with zero attached hydrogens (tertiary/aromatic N) is 2. The standard InChI is InChI=1S/C15H20N2O3S2/c1-10-13(15(2,3)4)21-14(17(10)5)16-22(19,20)12-8-6-7-11(18)9-12/h6-9,18H,1-5H3/b16-14-. The van der Waals surface area contributed by atoms with Crippen molar-refractivity contribution >= 4 is 21.4 Å². The maximum atomic E-state index is 12.4. The summed E-state index contributed by atoms with van der Waals surface area (Å²) in [6.45, 7) is 8.20. The fourth-order valence-corrected chi connectivity index (χ4v) is 4.55. The van der Waals surface area contributed by atoms with Crippen molar-refractivity contribution in [2.45, 2.75) is 38.0 Å². The van der Waals surface area contributed by atoms with E-state index in [4.69, 9.17) is 0 Å². The summed E-state index contributed by atoms with van der Waals surface area (Å²) in [5, 5.41) is 9.44. The first-order valence-corrected chi connectivity index (χ1v) is 9.05. The van der Waals surface area contributed by atoms with E-state index in [0.29, 0.717) is 4.80 Å². The number of benzene rings is 1. The quantitative estimate of drug-likeness (QED) is 0.913. The molecule has 0 radical (unpaired) electrons. The number of sulfonamides is 1. The molecule has 0 atom stereocenters. The van der Waals surface area contributed by atoms with Crippen LogP contribution in [0.4, 0.5) is 0 Å². The Morgan fingerprint density at radius 2 is 1.91 bits per heavy atom. The number of phenolic OH excluding ortho intramolecular Hbond substituents is 1. The highest BCUT2D eigenvalue weighted by Gasteiger charge is 2.22.